The minimum absolute atomic E-state index is 0.533. The number of hydrogen-bond donors (Lipinski definition) is 1. The van der Waals surface area contributed by atoms with E-state index in [0.717, 1.165) is 5.92 Å². The van der Waals surface area contributed by atoms with Crippen LogP contribution >= 0.6 is 0 Å². The molecule has 0 amide bonds. The van der Waals surface area contributed by atoms with Crippen LogP contribution in [0.4, 0.5) is 0 Å². The summed E-state index contributed by atoms with van der Waals surface area (Å²) in [5.41, 5.74) is 0.533. The van der Waals surface area contributed by atoms with Crippen molar-refractivity contribution >= 4 is 0 Å². The summed E-state index contributed by atoms with van der Waals surface area (Å²) in [5.74, 6) is 0.936. The quantitative estimate of drug-likeness (QED) is 0.794. The molecule has 0 bridgehead atoms. The van der Waals surface area contributed by atoms with E-state index in [1.54, 1.807) is 0 Å². The summed E-state index contributed by atoms with van der Waals surface area (Å²) < 4.78 is 0. The molecule has 0 aromatic carbocycles. The van der Waals surface area contributed by atoms with Gasteiger partial charge in [0.2, 0.25) is 0 Å². The van der Waals surface area contributed by atoms with E-state index < -0.39 is 0 Å². The summed E-state index contributed by atoms with van der Waals surface area (Å²) in [6.45, 7) is 17.1. The Labute approximate surface area is 119 Å². The zero-order valence-electron chi connectivity index (χ0n) is 13.2. The normalized spacial score (nSPS) is 30.3. The Morgan fingerprint density at radius 2 is 1.89 bits per heavy atom. The molecular weight excluding hydrogens is 234 g/mol. The van der Waals surface area contributed by atoms with Crippen molar-refractivity contribution < 1.29 is 0 Å². The molecule has 1 N–H and O–H groups in total. The fourth-order valence-corrected chi connectivity index (χ4v) is 3.72. The summed E-state index contributed by atoms with van der Waals surface area (Å²) in [7, 11) is 0. The molecule has 0 aromatic rings. The number of nitrogens with one attached hydrogen (secondary N) is 1. The van der Waals surface area contributed by atoms with Gasteiger partial charge in [-0.2, -0.15) is 0 Å². The Morgan fingerprint density at radius 3 is 2.42 bits per heavy atom. The number of rotatable bonds is 6. The first-order chi connectivity index (χ1) is 9.15. The fraction of sp³-hybridized carbons (Fsp3) is 1.00. The average Bonchev–Trinajstić information content (AvgIpc) is 2.84. The molecule has 2 rings (SSSR count). The Balaban J connectivity index is 1.70. The molecule has 0 aromatic heterocycles. The van der Waals surface area contributed by atoms with E-state index in [-0.39, 0.29) is 0 Å². The Morgan fingerprint density at radius 1 is 1.21 bits per heavy atom. The van der Waals surface area contributed by atoms with Crippen molar-refractivity contribution in [3.8, 4) is 0 Å². The van der Waals surface area contributed by atoms with E-state index in [4.69, 9.17) is 0 Å². The molecule has 0 radical (unpaired) electrons. The van der Waals surface area contributed by atoms with Gasteiger partial charge in [0, 0.05) is 19.6 Å². The van der Waals surface area contributed by atoms with Crippen molar-refractivity contribution in [1.82, 2.24) is 15.1 Å². The number of piperidine rings is 1. The Bertz CT molecular complexity index is 249. The van der Waals surface area contributed by atoms with Gasteiger partial charge in [-0.05, 0) is 63.3 Å². The van der Waals surface area contributed by atoms with Gasteiger partial charge in [-0.3, -0.25) is 0 Å². The molecule has 19 heavy (non-hydrogen) atoms. The molecule has 1 atom stereocenters. The maximum atomic E-state index is 3.52. The van der Waals surface area contributed by atoms with Gasteiger partial charge in [-0.25, -0.2) is 0 Å². The highest BCUT2D eigenvalue weighted by molar-refractivity contribution is 4.88. The van der Waals surface area contributed by atoms with Crippen molar-refractivity contribution in [2.24, 2.45) is 11.3 Å². The predicted molar refractivity (Wildman–Crippen MR) is 82.5 cm³/mol. The monoisotopic (exact) mass is 267 g/mol. The number of nitrogens with zero attached hydrogens (tertiary/aromatic N) is 2. The SMILES string of the molecule is CCN(CC)CC1CCN(CC2(C)CCNC2)CC1. The van der Waals surface area contributed by atoms with Crippen LogP contribution in [0.15, 0.2) is 0 Å². The van der Waals surface area contributed by atoms with Crippen LogP contribution in [0.1, 0.15) is 40.0 Å². The third-order valence-corrected chi connectivity index (χ3v) is 5.18. The zero-order chi connectivity index (χ0) is 13.7. The standard InChI is InChI=1S/C16H33N3/c1-4-18(5-2)12-15-6-10-19(11-7-15)14-16(3)8-9-17-13-16/h15,17H,4-14H2,1-3H3. The summed E-state index contributed by atoms with van der Waals surface area (Å²) in [6.07, 6.45) is 4.16. The molecule has 3 heteroatoms. The van der Waals surface area contributed by atoms with E-state index in [9.17, 15) is 0 Å². The van der Waals surface area contributed by atoms with Crippen LogP contribution < -0.4 is 5.32 Å². The summed E-state index contributed by atoms with van der Waals surface area (Å²) in [5, 5.41) is 3.52. The number of hydrogen-bond acceptors (Lipinski definition) is 3. The third-order valence-electron chi connectivity index (χ3n) is 5.18. The van der Waals surface area contributed by atoms with E-state index >= 15 is 0 Å². The van der Waals surface area contributed by atoms with E-state index in [1.165, 1.54) is 71.6 Å². The molecule has 3 nitrogen and oxygen atoms in total. The van der Waals surface area contributed by atoms with Crippen LogP contribution in [0, 0.1) is 11.3 Å². The van der Waals surface area contributed by atoms with Gasteiger partial charge in [-0.15, -0.1) is 0 Å². The highest BCUT2D eigenvalue weighted by Crippen LogP contribution is 2.28. The van der Waals surface area contributed by atoms with E-state index in [2.05, 4.69) is 35.9 Å². The molecule has 2 aliphatic rings. The minimum atomic E-state index is 0.533. The molecule has 0 aliphatic carbocycles. The van der Waals surface area contributed by atoms with Crippen LogP contribution in [0.25, 0.3) is 0 Å². The van der Waals surface area contributed by atoms with Crippen molar-refractivity contribution in [2.45, 2.75) is 40.0 Å². The molecule has 2 heterocycles. The van der Waals surface area contributed by atoms with E-state index in [0.29, 0.717) is 5.41 Å². The summed E-state index contributed by atoms with van der Waals surface area (Å²) >= 11 is 0. The van der Waals surface area contributed by atoms with Crippen LogP contribution in [0.5, 0.6) is 0 Å². The van der Waals surface area contributed by atoms with E-state index in [1.807, 2.05) is 0 Å². The van der Waals surface area contributed by atoms with Crippen molar-refractivity contribution in [3.05, 3.63) is 0 Å². The minimum Gasteiger partial charge on any atom is -0.316 e. The topological polar surface area (TPSA) is 18.5 Å². The third kappa shape index (κ3) is 4.44. The lowest BCUT2D eigenvalue weighted by molar-refractivity contribution is 0.111. The molecule has 0 saturated carbocycles. The lowest BCUT2D eigenvalue weighted by atomic mass is 9.87. The van der Waals surface area contributed by atoms with Crippen LogP contribution in [0.3, 0.4) is 0 Å². The second-order valence-electron chi connectivity index (χ2n) is 6.94. The average molecular weight is 267 g/mol. The fourth-order valence-electron chi connectivity index (χ4n) is 3.72. The molecule has 0 spiro atoms. The molecule has 112 valence electrons. The molecular formula is C16H33N3. The lowest BCUT2D eigenvalue weighted by Crippen LogP contribution is -2.43. The maximum Gasteiger partial charge on any atom is 0.00480 e. The molecule has 1 unspecified atom stereocenters. The van der Waals surface area contributed by atoms with Crippen molar-refractivity contribution in [3.63, 3.8) is 0 Å². The summed E-state index contributed by atoms with van der Waals surface area (Å²) in [4.78, 5) is 5.30. The first-order valence-corrected chi connectivity index (χ1v) is 8.30. The number of likely N-dealkylation sites (tertiary alicyclic amines) is 1. The van der Waals surface area contributed by atoms with Gasteiger partial charge in [0.15, 0.2) is 0 Å². The van der Waals surface area contributed by atoms with Gasteiger partial charge in [0.25, 0.3) is 0 Å². The second-order valence-corrected chi connectivity index (χ2v) is 6.94. The Hall–Kier alpha value is -0.120. The molecule has 2 aliphatic heterocycles. The first kappa shape index (κ1) is 15.3. The van der Waals surface area contributed by atoms with Gasteiger partial charge >= 0.3 is 0 Å². The second kappa shape index (κ2) is 7.05. The molecule has 2 fully saturated rings. The zero-order valence-corrected chi connectivity index (χ0v) is 13.2. The van der Waals surface area contributed by atoms with Crippen molar-refractivity contribution in [2.75, 3.05) is 52.4 Å². The van der Waals surface area contributed by atoms with Crippen LogP contribution in [0.2, 0.25) is 0 Å². The smallest absolute Gasteiger partial charge is 0.00480 e. The highest BCUT2D eigenvalue weighted by Gasteiger charge is 2.32. The lowest BCUT2D eigenvalue weighted by Gasteiger charge is -2.38. The van der Waals surface area contributed by atoms with Crippen LogP contribution in [-0.4, -0.2) is 62.2 Å². The van der Waals surface area contributed by atoms with Gasteiger partial charge in [0.05, 0.1) is 0 Å². The predicted octanol–water partition coefficient (Wildman–Crippen LogP) is 2.04. The van der Waals surface area contributed by atoms with Gasteiger partial charge < -0.3 is 15.1 Å². The van der Waals surface area contributed by atoms with Gasteiger partial charge in [-0.1, -0.05) is 20.8 Å². The van der Waals surface area contributed by atoms with Gasteiger partial charge in [0.1, 0.15) is 0 Å². The highest BCUT2D eigenvalue weighted by atomic mass is 15.2. The first-order valence-electron chi connectivity index (χ1n) is 8.30. The maximum absolute atomic E-state index is 3.52. The largest absolute Gasteiger partial charge is 0.316 e. The van der Waals surface area contributed by atoms with Crippen LogP contribution in [-0.2, 0) is 0 Å². The Kier molecular flexibility index (Phi) is 5.67. The summed E-state index contributed by atoms with van der Waals surface area (Å²) in [6, 6.07) is 0. The molecule has 2 saturated heterocycles. The van der Waals surface area contributed by atoms with Crippen molar-refractivity contribution in [1.29, 1.82) is 0 Å².